The van der Waals surface area contributed by atoms with Crippen LogP contribution in [0.3, 0.4) is 0 Å². The molecule has 146 valence electrons. The Morgan fingerprint density at radius 2 is 2.12 bits per heavy atom. The van der Waals surface area contributed by atoms with Crippen LogP contribution in [0.5, 0.6) is 0 Å². The fourth-order valence-electron chi connectivity index (χ4n) is 3.65. The van der Waals surface area contributed by atoms with Gasteiger partial charge in [0.2, 0.25) is 0 Å². The van der Waals surface area contributed by atoms with Gasteiger partial charge in [-0.2, -0.15) is 0 Å². The van der Waals surface area contributed by atoms with Crippen molar-refractivity contribution in [1.29, 1.82) is 0 Å². The van der Waals surface area contributed by atoms with E-state index in [1.807, 2.05) is 7.05 Å². The molecular formula is C19H32N4O2S. The number of piperidine rings is 1. The van der Waals surface area contributed by atoms with Gasteiger partial charge in [0.05, 0.1) is 36.1 Å². The van der Waals surface area contributed by atoms with E-state index in [0.29, 0.717) is 12.2 Å². The van der Waals surface area contributed by atoms with Crippen molar-refractivity contribution >= 4 is 17.3 Å². The first-order valence-corrected chi connectivity index (χ1v) is 10.6. The summed E-state index contributed by atoms with van der Waals surface area (Å²) in [6.07, 6.45) is 6.36. The Morgan fingerprint density at radius 1 is 1.31 bits per heavy atom. The van der Waals surface area contributed by atoms with Crippen LogP contribution in [-0.2, 0) is 16.0 Å². The van der Waals surface area contributed by atoms with Crippen molar-refractivity contribution in [2.75, 3.05) is 33.4 Å². The molecule has 0 aliphatic carbocycles. The zero-order valence-electron chi connectivity index (χ0n) is 16.3. The lowest BCUT2D eigenvalue weighted by atomic mass is 10.1. The molecule has 1 aromatic rings. The van der Waals surface area contributed by atoms with Crippen LogP contribution in [-0.4, -0.2) is 61.4 Å². The van der Waals surface area contributed by atoms with Gasteiger partial charge in [0.15, 0.2) is 5.96 Å². The van der Waals surface area contributed by atoms with Gasteiger partial charge in [-0.05, 0) is 46.0 Å². The standard InChI is InChI=1S/C19H32N4O2S/c1-14-18(26-15(2)22-14)12-21-19(20-3)23-9-7-16(8-10-23)25-13-17-6-4-5-11-24-17/h16-17H,4-13H2,1-3H3,(H,20,21). The Kier molecular flexibility index (Phi) is 7.28. The number of nitrogens with zero attached hydrogens (tertiary/aromatic N) is 3. The SMILES string of the molecule is CN=C(NCc1sc(C)nc1C)N1CCC(OCC2CCCCO2)CC1. The highest BCUT2D eigenvalue weighted by Gasteiger charge is 2.24. The lowest BCUT2D eigenvalue weighted by Crippen LogP contribution is -2.47. The van der Waals surface area contributed by atoms with Gasteiger partial charge in [0, 0.05) is 31.6 Å². The number of hydrogen-bond donors (Lipinski definition) is 1. The summed E-state index contributed by atoms with van der Waals surface area (Å²) in [5, 5.41) is 4.61. The minimum atomic E-state index is 0.308. The first-order chi connectivity index (χ1) is 12.7. The molecule has 0 spiro atoms. The predicted octanol–water partition coefficient (Wildman–Crippen LogP) is 2.89. The van der Waals surface area contributed by atoms with Crippen LogP contribution >= 0.6 is 11.3 Å². The molecule has 3 heterocycles. The molecule has 1 atom stereocenters. The predicted molar refractivity (Wildman–Crippen MR) is 106 cm³/mol. The van der Waals surface area contributed by atoms with E-state index in [1.165, 1.54) is 17.7 Å². The molecule has 7 heteroatoms. The van der Waals surface area contributed by atoms with E-state index in [4.69, 9.17) is 9.47 Å². The van der Waals surface area contributed by atoms with Crippen LogP contribution in [0.4, 0.5) is 0 Å². The second-order valence-corrected chi connectivity index (χ2v) is 8.44. The molecule has 0 amide bonds. The summed E-state index contributed by atoms with van der Waals surface area (Å²) in [7, 11) is 1.86. The number of nitrogens with one attached hydrogen (secondary N) is 1. The van der Waals surface area contributed by atoms with Crippen LogP contribution in [0.2, 0.25) is 0 Å². The molecule has 1 unspecified atom stereocenters. The van der Waals surface area contributed by atoms with Crippen molar-refractivity contribution in [3.05, 3.63) is 15.6 Å². The molecule has 1 N–H and O–H groups in total. The van der Waals surface area contributed by atoms with Crippen LogP contribution < -0.4 is 5.32 Å². The quantitative estimate of drug-likeness (QED) is 0.629. The Bertz CT molecular complexity index is 590. The monoisotopic (exact) mass is 380 g/mol. The molecule has 0 aromatic carbocycles. The molecular weight excluding hydrogens is 348 g/mol. The fourth-order valence-corrected chi connectivity index (χ4v) is 4.52. The number of ether oxygens (including phenoxy) is 2. The Labute approximate surface area is 161 Å². The van der Waals surface area contributed by atoms with Gasteiger partial charge < -0.3 is 19.7 Å². The highest BCUT2D eigenvalue weighted by atomic mass is 32.1. The van der Waals surface area contributed by atoms with Crippen molar-refractivity contribution in [3.8, 4) is 0 Å². The number of aliphatic imine (C=N–C) groups is 1. The molecule has 0 saturated carbocycles. The highest BCUT2D eigenvalue weighted by Crippen LogP contribution is 2.19. The van der Waals surface area contributed by atoms with E-state index < -0.39 is 0 Å². The maximum atomic E-state index is 6.11. The van der Waals surface area contributed by atoms with Gasteiger partial charge >= 0.3 is 0 Å². The Balaban J connectivity index is 1.40. The first-order valence-electron chi connectivity index (χ1n) is 9.77. The smallest absolute Gasteiger partial charge is 0.193 e. The number of aryl methyl sites for hydroxylation is 2. The molecule has 1 aromatic heterocycles. The average Bonchev–Trinajstić information content (AvgIpc) is 2.99. The Hall–Kier alpha value is -1.18. The van der Waals surface area contributed by atoms with Crippen LogP contribution in [0.25, 0.3) is 0 Å². The number of guanidine groups is 1. The maximum absolute atomic E-state index is 6.11. The normalized spacial score (nSPS) is 22.7. The molecule has 26 heavy (non-hydrogen) atoms. The van der Waals surface area contributed by atoms with Crippen molar-refractivity contribution in [3.63, 3.8) is 0 Å². The summed E-state index contributed by atoms with van der Waals surface area (Å²) in [5.74, 6) is 0.976. The molecule has 2 aliphatic heterocycles. The van der Waals surface area contributed by atoms with Crippen molar-refractivity contribution in [2.24, 2.45) is 4.99 Å². The molecule has 0 bridgehead atoms. The van der Waals surface area contributed by atoms with Gasteiger partial charge in [-0.25, -0.2) is 4.98 Å². The van der Waals surface area contributed by atoms with E-state index in [0.717, 1.165) is 68.8 Å². The number of aromatic nitrogens is 1. The molecule has 3 rings (SSSR count). The third-order valence-electron chi connectivity index (χ3n) is 5.15. The van der Waals surface area contributed by atoms with E-state index in [1.54, 1.807) is 11.3 Å². The molecule has 0 radical (unpaired) electrons. The lowest BCUT2D eigenvalue weighted by Gasteiger charge is -2.35. The fraction of sp³-hybridized carbons (Fsp3) is 0.789. The summed E-state index contributed by atoms with van der Waals surface area (Å²) in [6, 6.07) is 0. The molecule has 6 nitrogen and oxygen atoms in total. The van der Waals surface area contributed by atoms with Crippen LogP contribution in [0.15, 0.2) is 4.99 Å². The number of likely N-dealkylation sites (tertiary alicyclic amines) is 1. The largest absolute Gasteiger partial charge is 0.376 e. The van der Waals surface area contributed by atoms with Gasteiger partial charge in [-0.3, -0.25) is 4.99 Å². The minimum Gasteiger partial charge on any atom is -0.376 e. The van der Waals surface area contributed by atoms with Crippen molar-refractivity contribution < 1.29 is 9.47 Å². The number of thiazole rings is 1. The summed E-state index contributed by atoms with van der Waals surface area (Å²) in [4.78, 5) is 12.6. The van der Waals surface area contributed by atoms with Crippen LogP contribution in [0.1, 0.15) is 47.7 Å². The third-order valence-corrected chi connectivity index (χ3v) is 6.22. The minimum absolute atomic E-state index is 0.308. The van der Waals surface area contributed by atoms with E-state index in [-0.39, 0.29) is 0 Å². The average molecular weight is 381 g/mol. The van der Waals surface area contributed by atoms with E-state index in [9.17, 15) is 0 Å². The highest BCUT2D eigenvalue weighted by molar-refractivity contribution is 7.11. The van der Waals surface area contributed by atoms with Gasteiger partial charge in [0.25, 0.3) is 0 Å². The third kappa shape index (κ3) is 5.41. The zero-order chi connectivity index (χ0) is 18.4. The second kappa shape index (κ2) is 9.67. The van der Waals surface area contributed by atoms with Crippen molar-refractivity contribution in [1.82, 2.24) is 15.2 Å². The first kappa shape index (κ1) is 19.6. The topological polar surface area (TPSA) is 59.0 Å². The van der Waals surface area contributed by atoms with Gasteiger partial charge in [-0.1, -0.05) is 0 Å². The zero-order valence-corrected chi connectivity index (χ0v) is 17.1. The summed E-state index contributed by atoms with van der Waals surface area (Å²) in [6.45, 7) is 8.53. The molecule has 2 saturated heterocycles. The molecule has 2 aliphatic rings. The maximum Gasteiger partial charge on any atom is 0.193 e. The summed E-state index contributed by atoms with van der Waals surface area (Å²) >= 11 is 1.75. The van der Waals surface area contributed by atoms with Crippen molar-refractivity contribution in [2.45, 2.75) is 64.7 Å². The Morgan fingerprint density at radius 3 is 2.73 bits per heavy atom. The van der Waals surface area contributed by atoms with Gasteiger partial charge in [-0.15, -0.1) is 11.3 Å². The van der Waals surface area contributed by atoms with E-state index >= 15 is 0 Å². The van der Waals surface area contributed by atoms with Gasteiger partial charge in [0.1, 0.15) is 0 Å². The lowest BCUT2D eigenvalue weighted by molar-refractivity contribution is -0.0721. The number of hydrogen-bond acceptors (Lipinski definition) is 5. The van der Waals surface area contributed by atoms with Crippen LogP contribution in [0, 0.1) is 13.8 Å². The van der Waals surface area contributed by atoms with E-state index in [2.05, 4.69) is 34.0 Å². The molecule has 2 fully saturated rings. The summed E-state index contributed by atoms with van der Waals surface area (Å²) < 4.78 is 11.9. The number of rotatable bonds is 5. The summed E-state index contributed by atoms with van der Waals surface area (Å²) in [5.41, 5.74) is 1.12. The second-order valence-electron chi connectivity index (χ2n) is 7.15.